The molecular weight excluding hydrogens is 246 g/mol. The Labute approximate surface area is 119 Å². The molecule has 1 aliphatic rings. The van der Waals surface area contributed by atoms with Gasteiger partial charge in [-0.2, -0.15) is 5.26 Å². The summed E-state index contributed by atoms with van der Waals surface area (Å²) in [6.07, 6.45) is 6.99. The minimum Gasteiger partial charge on any atom is -0.381 e. The van der Waals surface area contributed by atoms with Crippen LogP contribution in [0, 0.1) is 11.3 Å². The van der Waals surface area contributed by atoms with Crippen molar-refractivity contribution in [2.75, 3.05) is 5.32 Å². The second kappa shape index (κ2) is 5.42. The molecule has 0 unspecified atom stereocenters. The molecule has 102 valence electrons. The van der Waals surface area contributed by atoms with Gasteiger partial charge in [-0.25, -0.2) is 0 Å². The lowest BCUT2D eigenvalue weighted by Crippen LogP contribution is -2.08. The van der Waals surface area contributed by atoms with Crippen LogP contribution in [0.5, 0.6) is 0 Å². The van der Waals surface area contributed by atoms with E-state index in [9.17, 15) is 0 Å². The summed E-state index contributed by atoms with van der Waals surface area (Å²) in [6, 6.07) is 10.7. The van der Waals surface area contributed by atoms with Crippen molar-refractivity contribution in [3.63, 3.8) is 0 Å². The SMILES string of the molecule is Cn1cc(CNc2cccc3c2CCCC3)cc1C#N. The number of fused-ring (bicyclic) bond motifs is 1. The summed E-state index contributed by atoms with van der Waals surface area (Å²) in [5.74, 6) is 0. The zero-order valence-corrected chi connectivity index (χ0v) is 11.8. The van der Waals surface area contributed by atoms with Gasteiger partial charge < -0.3 is 9.88 Å². The van der Waals surface area contributed by atoms with Gasteiger partial charge in [0, 0.05) is 25.5 Å². The summed E-state index contributed by atoms with van der Waals surface area (Å²) in [6.45, 7) is 0.770. The third kappa shape index (κ3) is 2.42. The molecule has 0 amide bonds. The van der Waals surface area contributed by atoms with E-state index in [0.717, 1.165) is 12.1 Å². The van der Waals surface area contributed by atoms with E-state index < -0.39 is 0 Å². The van der Waals surface area contributed by atoms with Crippen LogP contribution in [-0.2, 0) is 26.4 Å². The van der Waals surface area contributed by atoms with Crippen molar-refractivity contribution in [1.82, 2.24) is 4.57 Å². The Kier molecular flexibility index (Phi) is 3.47. The van der Waals surface area contributed by atoms with Gasteiger partial charge >= 0.3 is 0 Å². The van der Waals surface area contributed by atoms with E-state index in [1.165, 1.54) is 42.5 Å². The topological polar surface area (TPSA) is 40.8 Å². The van der Waals surface area contributed by atoms with Crippen LogP contribution in [0.15, 0.2) is 30.5 Å². The molecule has 1 aromatic carbocycles. The minimum atomic E-state index is 0.705. The fourth-order valence-corrected chi connectivity index (χ4v) is 2.99. The molecule has 1 aromatic heterocycles. The molecule has 0 spiro atoms. The highest BCUT2D eigenvalue weighted by Gasteiger charge is 2.12. The molecule has 3 nitrogen and oxygen atoms in total. The van der Waals surface area contributed by atoms with Crippen molar-refractivity contribution in [2.24, 2.45) is 7.05 Å². The number of nitrogens with zero attached hydrogens (tertiary/aromatic N) is 2. The number of nitriles is 1. The van der Waals surface area contributed by atoms with Crippen LogP contribution >= 0.6 is 0 Å². The standard InChI is InChI=1S/C17H19N3/c1-20-12-13(9-15(20)10-18)11-19-17-8-4-6-14-5-2-3-7-16(14)17/h4,6,8-9,12,19H,2-3,5,7,11H2,1H3. The summed E-state index contributed by atoms with van der Waals surface area (Å²) < 4.78 is 1.87. The van der Waals surface area contributed by atoms with E-state index in [1.54, 1.807) is 0 Å². The van der Waals surface area contributed by atoms with Gasteiger partial charge in [0.25, 0.3) is 0 Å². The number of aryl methyl sites for hydroxylation is 2. The summed E-state index contributed by atoms with van der Waals surface area (Å²) >= 11 is 0. The molecule has 0 fully saturated rings. The zero-order valence-electron chi connectivity index (χ0n) is 11.8. The number of aromatic nitrogens is 1. The van der Waals surface area contributed by atoms with Gasteiger partial charge in [-0.15, -0.1) is 0 Å². The molecule has 0 bridgehead atoms. The summed E-state index contributed by atoms with van der Waals surface area (Å²) in [4.78, 5) is 0. The quantitative estimate of drug-likeness (QED) is 0.924. The van der Waals surface area contributed by atoms with Gasteiger partial charge in [0.05, 0.1) is 0 Å². The highest BCUT2D eigenvalue weighted by Crippen LogP contribution is 2.28. The summed E-state index contributed by atoms with van der Waals surface area (Å²) in [5, 5.41) is 12.5. The third-order valence-electron chi connectivity index (χ3n) is 4.06. The Morgan fingerprint density at radius 2 is 2.15 bits per heavy atom. The van der Waals surface area contributed by atoms with Crippen molar-refractivity contribution in [1.29, 1.82) is 5.26 Å². The second-order valence-electron chi connectivity index (χ2n) is 5.46. The van der Waals surface area contributed by atoms with Crippen molar-refractivity contribution < 1.29 is 0 Å². The third-order valence-corrected chi connectivity index (χ3v) is 4.06. The van der Waals surface area contributed by atoms with Crippen molar-refractivity contribution in [3.05, 3.63) is 52.8 Å². The Morgan fingerprint density at radius 3 is 2.95 bits per heavy atom. The molecule has 0 aliphatic heterocycles. The van der Waals surface area contributed by atoms with Crippen LogP contribution in [0.1, 0.15) is 35.2 Å². The smallest absolute Gasteiger partial charge is 0.120 e. The lowest BCUT2D eigenvalue weighted by atomic mass is 9.90. The molecular formula is C17H19N3. The highest BCUT2D eigenvalue weighted by atomic mass is 14.9. The first kappa shape index (κ1) is 12.8. The van der Waals surface area contributed by atoms with Crippen LogP contribution in [0.25, 0.3) is 0 Å². The monoisotopic (exact) mass is 265 g/mol. The predicted octanol–water partition coefficient (Wildman–Crippen LogP) is 3.39. The molecule has 3 heteroatoms. The maximum atomic E-state index is 8.98. The highest BCUT2D eigenvalue weighted by molar-refractivity contribution is 5.56. The predicted molar refractivity (Wildman–Crippen MR) is 80.5 cm³/mol. The molecule has 1 N–H and O–H groups in total. The zero-order chi connectivity index (χ0) is 13.9. The molecule has 0 radical (unpaired) electrons. The van der Waals surface area contributed by atoms with E-state index in [2.05, 4.69) is 29.6 Å². The fourth-order valence-electron chi connectivity index (χ4n) is 2.99. The molecule has 2 aromatic rings. The normalized spacial score (nSPS) is 13.6. The first-order valence-corrected chi connectivity index (χ1v) is 7.18. The van der Waals surface area contributed by atoms with Crippen LogP contribution in [0.4, 0.5) is 5.69 Å². The van der Waals surface area contributed by atoms with Gasteiger partial charge in [-0.05, 0) is 54.5 Å². The summed E-state index contributed by atoms with van der Waals surface area (Å²) in [5.41, 5.74) is 6.08. The van der Waals surface area contributed by atoms with E-state index in [0.29, 0.717) is 5.69 Å². The summed E-state index contributed by atoms with van der Waals surface area (Å²) in [7, 11) is 1.91. The maximum absolute atomic E-state index is 8.98. The Hall–Kier alpha value is -2.21. The molecule has 20 heavy (non-hydrogen) atoms. The van der Waals surface area contributed by atoms with E-state index >= 15 is 0 Å². The van der Waals surface area contributed by atoms with Crippen molar-refractivity contribution in [3.8, 4) is 6.07 Å². The Bertz CT molecular complexity index is 661. The van der Waals surface area contributed by atoms with Gasteiger partial charge in [0.2, 0.25) is 0 Å². The molecule has 1 heterocycles. The van der Waals surface area contributed by atoms with Crippen LogP contribution < -0.4 is 5.32 Å². The lowest BCUT2D eigenvalue weighted by molar-refractivity contribution is 0.686. The van der Waals surface area contributed by atoms with Crippen LogP contribution in [0.2, 0.25) is 0 Å². The number of hydrogen-bond acceptors (Lipinski definition) is 2. The van der Waals surface area contributed by atoms with Gasteiger partial charge in [0.1, 0.15) is 11.8 Å². The number of nitrogens with one attached hydrogen (secondary N) is 1. The maximum Gasteiger partial charge on any atom is 0.120 e. The molecule has 0 saturated heterocycles. The van der Waals surface area contributed by atoms with Crippen LogP contribution in [-0.4, -0.2) is 4.57 Å². The largest absolute Gasteiger partial charge is 0.381 e. The van der Waals surface area contributed by atoms with E-state index in [1.807, 2.05) is 23.9 Å². The van der Waals surface area contributed by atoms with Gasteiger partial charge in [-0.3, -0.25) is 0 Å². The average Bonchev–Trinajstić information content (AvgIpc) is 2.85. The fraction of sp³-hybridized carbons (Fsp3) is 0.353. The van der Waals surface area contributed by atoms with Crippen molar-refractivity contribution >= 4 is 5.69 Å². The van der Waals surface area contributed by atoms with Gasteiger partial charge in [0.15, 0.2) is 0 Å². The minimum absolute atomic E-state index is 0.705. The van der Waals surface area contributed by atoms with E-state index in [-0.39, 0.29) is 0 Å². The average molecular weight is 265 g/mol. The molecule has 1 aliphatic carbocycles. The number of anilines is 1. The molecule has 0 atom stereocenters. The first-order chi connectivity index (χ1) is 9.78. The second-order valence-corrected chi connectivity index (χ2v) is 5.46. The Morgan fingerprint density at radius 1 is 1.30 bits per heavy atom. The molecule has 3 rings (SSSR count). The van der Waals surface area contributed by atoms with Crippen LogP contribution in [0.3, 0.4) is 0 Å². The lowest BCUT2D eigenvalue weighted by Gasteiger charge is -2.20. The first-order valence-electron chi connectivity index (χ1n) is 7.18. The van der Waals surface area contributed by atoms with Gasteiger partial charge in [-0.1, -0.05) is 12.1 Å². The molecule has 0 saturated carbocycles. The van der Waals surface area contributed by atoms with E-state index in [4.69, 9.17) is 5.26 Å². The number of benzene rings is 1. The number of rotatable bonds is 3. The Balaban J connectivity index is 1.77. The van der Waals surface area contributed by atoms with Crippen molar-refractivity contribution in [2.45, 2.75) is 32.2 Å². The number of hydrogen-bond donors (Lipinski definition) is 1.